The molecule has 2 aliphatic carbocycles. The smallest absolute Gasteiger partial charge is 0.191 e. The Morgan fingerprint density at radius 1 is 1.12 bits per heavy atom. The normalized spacial score (nSPS) is 35.7. The van der Waals surface area contributed by atoms with Gasteiger partial charge in [0, 0.05) is 50.3 Å². The molecule has 4 aliphatic rings. The fourth-order valence-corrected chi connectivity index (χ4v) is 5.52. The van der Waals surface area contributed by atoms with Crippen LogP contribution in [0.25, 0.3) is 0 Å². The van der Waals surface area contributed by atoms with Crippen molar-refractivity contribution < 1.29 is 9.47 Å². The van der Waals surface area contributed by atoms with Gasteiger partial charge in [-0.25, -0.2) is 0 Å². The highest BCUT2D eigenvalue weighted by atomic mass is 16.5. The van der Waals surface area contributed by atoms with Gasteiger partial charge in [0.25, 0.3) is 0 Å². The first-order chi connectivity index (χ1) is 11.8. The van der Waals surface area contributed by atoms with Gasteiger partial charge in [-0.2, -0.15) is 0 Å². The van der Waals surface area contributed by atoms with E-state index in [0.717, 1.165) is 51.7 Å². The molecular formula is C19H33N3O2. The summed E-state index contributed by atoms with van der Waals surface area (Å²) < 4.78 is 11.6. The van der Waals surface area contributed by atoms with Gasteiger partial charge < -0.3 is 20.1 Å². The van der Waals surface area contributed by atoms with Crippen molar-refractivity contribution in [3.63, 3.8) is 0 Å². The lowest BCUT2D eigenvalue weighted by molar-refractivity contribution is -0.125. The van der Waals surface area contributed by atoms with Crippen LogP contribution in [0, 0.1) is 17.3 Å². The molecule has 3 atom stereocenters. The maximum Gasteiger partial charge on any atom is 0.191 e. The molecule has 4 rings (SSSR count). The first-order valence-corrected chi connectivity index (χ1v) is 10.1. The molecule has 0 amide bonds. The van der Waals surface area contributed by atoms with Crippen LogP contribution in [0.3, 0.4) is 0 Å². The van der Waals surface area contributed by atoms with Crippen molar-refractivity contribution >= 4 is 5.96 Å². The Labute approximate surface area is 146 Å². The SMILES string of the molecule is CCNC(=NCC1CCOCC1)NC1C2CCOC2C12CCCC2. The summed E-state index contributed by atoms with van der Waals surface area (Å²) in [6.45, 7) is 6.74. The number of guanidine groups is 1. The summed E-state index contributed by atoms with van der Waals surface area (Å²) in [4.78, 5) is 4.93. The monoisotopic (exact) mass is 335 g/mol. The molecule has 2 heterocycles. The van der Waals surface area contributed by atoms with E-state index in [-0.39, 0.29) is 0 Å². The highest BCUT2D eigenvalue weighted by Crippen LogP contribution is 2.60. The van der Waals surface area contributed by atoms with E-state index in [1.165, 1.54) is 32.1 Å². The van der Waals surface area contributed by atoms with E-state index in [2.05, 4.69) is 17.6 Å². The number of ether oxygens (including phenoxy) is 2. The molecule has 24 heavy (non-hydrogen) atoms. The quantitative estimate of drug-likeness (QED) is 0.611. The van der Waals surface area contributed by atoms with Crippen molar-refractivity contribution in [2.75, 3.05) is 32.9 Å². The van der Waals surface area contributed by atoms with Gasteiger partial charge >= 0.3 is 0 Å². The van der Waals surface area contributed by atoms with Crippen molar-refractivity contribution in [2.45, 2.75) is 64.0 Å². The molecule has 3 unspecified atom stereocenters. The molecule has 5 heteroatoms. The van der Waals surface area contributed by atoms with Gasteiger partial charge in [0.1, 0.15) is 0 Å². The molecule has 4 fully saturated rings. The minimum absolute atomic E-state index is 0.385. The lowest BCUT2D eigenvalue weighted by atomic mass is 9.54. The molecule has 2 N–H and O–H groups in total. The average molecular weight is 335 g/mol. The Bertz CT molecular complexity index is 456. The average Bonchev–Trinajstić information content (AvgIpc) is 3.26. The largest absolute Gasteiger partial charge is 0.381 e. The number of aliphatic imine (C=N–C) groups is 1. The summed E-state index contributed by atoms with van der Waals surface area (Å²) in [7, 11) is 0. The zero-order valence-corrected chi connectivity index (χ0v) is 15.1. The van der Waals surface area contributed by atoms with Gasteiger partial charge in [-0.05, 0) is 44.9 Å². The van der Waals surface area contributed by atoms with Crippen molar-refractivity contribution in [3.05, 3.63) is 0 Å². The van der Waals surface area contributed by atoms with Crippen LogP contribution in [0.4, 0.5) is 0 Å². The molecule has 0 aromatic heterocycles. The van der Waals surface area contributed by atoms with E-state index in [4.69, 9.17) is 14.5 Å². The van der Waals surface area contributed by atoms with Crippen LogP contribution in [0.15, 0.2) is 4.99 Å². The third kappa shape index (κ3) is 2.94. The molecule has 0 aromatic carbocycles. The molecular weight excluding hydrogens is 302 g/mol. The van der Waals surface area contributed by atoms with Crippen LogP contribution in [0.1, 0.15) is 51.9 Å². The minimum atomic E-state index is 0.385. The van der Waals surface area contributed by atoms with Crippen molar-refractivity contribution in [3.8, 4) is 0 Å². The van der Waals surface area contributed by atoms with E-state index in [1.807, 2.05) is 0 Å². The van der Waals surface area contributed by atoms with Crippen LogP contribution in [0.2, 0.25) is 0 Å². The second kappa shape index (κ2) is 7.20. The number of hydrogen-bond acceptors (Lipinski definition) is 3. The minimum Gasteiger partial charge on any atom is -0.381 e. The predicted molar refractivity (Wildman–Crippen MR) is 95.2 cm³/mol. The molecule has 1 spiro atoms. The van der Waals surface area contributed by atoms with Crippen molar-refractivity contribution in [2.24, 2.45) is 22.2 Å². The molecule has 2 saturated heterocycles. The summed E-state index contributed by atoms with van der Waals surface area (Å²) in [5.41, 5.74) is 0.385. The highest BCUT2D eigenvalue weighted by Gasteiger charge is 2.65. The Morgan fingerprint density at radius 2 is 1.92 bits per heavy atom. The Kier molecular flexibility index (Phi) is 5.00. The zero-order chi connectivity index (χ0) is 16.4. The third-order valence-electron chi connectivity index (χ3n) is 6.77. The number of hydrogen-bond donors (Lipinski definition) is 2. The van der Waals surface area contributed by atoms with Crippen molar-refractivity contribution in [1.82, 2.24) is 10.6 Å². The molecule has 0 radical (unpaired) electrons. The van der Waals surface area contributed by atoms with E-state index in [9.17, 15) is 0 Å². The van der Waals surface area contributed by atoms with Gasteiger partial charge in [0.15, 0.2) is 5.96 Å². The lowest BCUT2D eigenvalue weighted by Gasteiger charge is -2.57. The Hall–Kier alpha value is -0.810. The van der Waals surface area contributed by atoms with Crippen LogP contribution in [-0.2, 0) is 9.47 Å². The second-order valence-corrected chi connectivity index (χ2v) is 8.08. The molecule has 5 nitrogen and oxygen atoms in total. The van der Waals surface area contributed by atoms with E-state index < -0.39 is 0 Å². The fourth-order valence-electron chi connectivity index (χ4n) is 5.52. The number of rotatable bonds is 4. The van der Waals surface area contributed by atoms with Crippen LogP contribution < -0.4 is 10.6 Å². The first-order valence-electron chi connectivity index (χ1n) is 10.1. The van der Waals surface area contributed by atoms with Gasteiger partial charge in [0.05, 0.1) is 6.10 Å². The van der Waals surface area contributed by atoms with Gasteiger partial charge in [-0.1, -0.05) is 12.8 Å². The lowest BCUT2D eigenvalue weighted by Crippen LogP contribution is -2.69. The van der Waals surface area contributed by atoms with E-state index >= 15 is 0 Å². The van der Waals surface area contributed by atoms with Gasteiger partial charge in [-0.3, -0.25) is 4.99 Å². The predicted octanol–water partition coefficient (Wildman–Crippen LogP) is 2.32. The molecule has 2 saturated carbocycles. The summed E-state index contributed by atoms with van der Waals surface area (Å²) in [6.07, 6.45) is 9.39. The number of nitrogens with zero attached hydrogens (tertiary/aromatic N) is 1. The summed E-state index contributed by atoms with van der Waals surface area (Å²) in [5.74, 6) is 2.39. The topological polar surface area (TPSA) is 54.9 Å². The Balaban J connectivity index is 1.42. The van der Waals surface area contributed by atoms with Crippen LogP contribution >= 0.6 is 0 Å². The van der Waals surface area contributed by atoms with Gasteiger partial charge in [0.2, 0.25) is 0 Å². The summed E-state index contributed by atoms with van der Waals surface area (Å²) in [5, 5.41) is 7.30. The van der Waals surface area contributed by atoms with Crippen LogP contribution in [-0.4, -0.2) is 51.0 Å². The first kappa shape index (κ1) is 16.6. The summed E-state index contributed by atoms with van der Waals surface area (Å²) >= 11 is 0. The molecule has 0 bridgehead atoms. The van der Waals surface area contributed by atoms with Crippen molar-refractivity contribution in [1.29, 1.82) is 0 Å². The molecule has 0 aromatic rings. The maximum atomic E-state index is 6.10. The second-order valence-electron chi connectivity index (χ2n) is 8.08. The Morgan fingerprint density at radius 3 is 2.67 bits per heavy atom. The van der Waals surface area contributed by atoms with E-state index in [1.54, 1.807) is 0 Å². The highest BCUT2D eigenvalue weighted by molar-refractivity contribution is 5.80. The third-order valence-corrected chi connectivity index (χ3v) is 6.77. The van der Waals surface area contributed by atoms with E-state index in [0.29, 0.717) is 29.4 Å². The number of fused-ring (bicyclic) bond motifs is 2. The van der Waals surface area contributed by atoms with Crippen LogP contribution in [0.5, 0.6) is 0 Å². The molecule has 136 valence electrons. The fraction of sp³-hybridized carbons (Fsp3) is 0.947. The molecule has 2 aliphatic heterocycles. The number of nitrogens with one attached hydrogen (secondary N) is 2. The maximum absolute atomic E-state index is 6.10. The van der Waals surface area contributed by atoms with Gasteiger partial charge in [-0.15, -0.1) is 0 Å². The summed E-state index contributed by atoms with van der Waals surface area (Å²) in [6, 6.07) is 0.556. The standard InChI is InChI=1S/C19H33N3O2/c1-2-20-18(21-13-14-5-10-23-11-6-14)22-16-15-7-12-24-17(15)19(16)8-3-4-9-19/h14-17H,2-13H2,1H3,(H2,20,21,22). The zero-order valence-electron chi connectivity index (χ0n) is 15.1.